The molecule has 106 valence electrons. The zero-order chi connectivity index (χ0) is 14.9. The van der Waals surface area contributed by atoms with Gasteiger partial charge in [-0.2, -0.15) is 0 Å². The summed E-state index contributed by atoms with van der Waals surface area (Å²) >= 11 is 0. The molecular formula is C16H18F2N2. The molecule has 3 N–H and O–H groups in total. The normalized spacial score (nSPS) is 12.5. The summed E-state index contributed by atoms with van der Waals surface area (Å²) < 4.78 is 27.4. The summed E-state index contributed by atoms with van der Waals surface area (Å²) in [5, 5.41) is 0. The van der Waals surface area contributed by atoms with Gasteiger partial charge in [-0.1, -0.05) is 18.2 Å². The summed E-state index contributed by atoms with van der Waals surface area (Å²) in [5.74, 6) is 4.42. The molecule has 2 nitrogen and oxygen atoms in total. The second-order valence-corrected chi connectivity index (χ2v) is 5.07. The minimum Gasteiger partial charge on any atom is -0.271 e. The Hall–Kier alpha value is -1.78. The fourth-order valence-electron chi connectivity index (χ4n) is 2.21. The van der Waals surface area contributed by atoms with Gasteiger partial charge in [0.2, 0.25) is 0 Å². The molecule has 2 aromatic rings. The van der Waals surface area contributed by atoms with E-state index >= 15 is 0 Å². The highest BCUT2D eigenvalue weighted by atomic mass is 19.1. The highest BCUT2D eigenvalue weighted by molar-refractivity contribution is 5.39. The highest BCUT2D eigenvalue weighted by Crippen LogP contribution is 2.27. The molecule has 2 aromatic carbocycles. The predicted molar refractivity (Wildman–Crippen MR) is 76.2 cm³/mol. The van der Waals surface area contributed by atoms with E-state index in [-0.39, 0.29) is 0 Å². The Morgan fingerprint density at radius 2 is 1.60 bits per heavy atom. The molecule has 0 heterocycles. The SMILES string of the molecule is Cc1ccc(C(NN)c2cc(C)c(F)cc2F)cc1C. The molecule has 0 bridgehead atoms. The number of hydrogen-bond donors (Lipinski definition) is 2. The van der Waals surface area contributed by atoms with Gasteiger partial charge in [0.25, 0.3) is 0 Å². The van der Waals surface area contributed by atoms with Crippen molar-refractivity contribution >= 4 is 0 Å². The molecule has 1 unspecified atom stereocenters. The quantitative estimate of drug-likeness (QED) is 0.665. The van der Waals surface area contributed by atoms with Crippen molar-refractivity contribution in [1.29, 1.82) is 0 Å². The number of halogens is 2. The van der Waals surface area contributed by atoms with Gasteiger partial charge in [0, 0.05) is 11.6 Å². The summed E-state index contributed by atoms with van der Waals surface area (Å²) in [5.41, 5.74) is 6.44. The zero-order valence-electron chi connectivity index (χ0n) is 11.8. The summed E-state index contributed by atoms with van der Waals surface area (Å²) in [7, 11) is 0. The maximum absolute atomic E-state index is 14.0. The highest BCUT2D eigenvalue weighted by Gasteiger charge is 2.18. The van der Waals surface area contributed by atoms with Gasteiger partial charge in [-0.15, -0.1) is 0 Å². The van der Waals surface area contributed by atoms with Crippen molar-refractivity contribution in [1.82, 2.24) is 5.43 Å². The van der Waals surface area contributed by atoms with Gasteiger partial charge in [0.05, 0.1) is 6.04 Å². The smallest absolute Gasteiger partial charge is 0.131 e. The molecule has 0 radical (unpaired) electrons. The van der Waals surface area contributed by atoms with Crippen LogP contribution in [-0.2, 0) is 0 Å². The van der Waals surface area contributed by atoms with Gasteiger partial charge < -0.3 is 0 Å². The predicted octanol–water partition coefficient (Wildman–Crippen LogP) is 3.44. The van der Waals surface area contributed by atoms with Crippen LogP contribution in [0, 0.1) is 32.4 Å². The lowest BCUT2D eigenvalue weighted by molar-refractivity contribution is 0.538. The first kappa shape index (κ1) is 14.6. The largest absolute Gasteiger partial charge is 0.271 e. The summed E-state index contributed by atoms with van der Waals surface area (Å²) in [6, 6.07) is 7.70. The van der Waals surface area contributed by atoms with Crippen LogP contribution in [0.25, 0.3) is 0 Å². The first-order valence-electron chi connectivity index (χ1n) is 6.43. The van der Waals surface area contributed by atoms with Gasteiger partial charge in [-0.25, -0.2) is 14.2 Å². The van der Waals surface area contributed by atoms with E-state index in [1.807, 2.05) is 32.0 Å². The second kappa shape index (κ2) is 5.69. The van der Waals surface area contributed by atoms with Gasteiger partial charge in [0.15, 0.2) is 0 Å². The number of nitrogens with two attached hydrogens (primary N) is 1. The van der Waals surface area contributed by atoms with E-state index in [1.165, 1.54) is 6.07 Å². The fraction of sp³-hybridized carbons (Fsp3) is 0.250. The van der Waals surface area contributed by atoms with Crippen LogP contribution < -0.4 is 11.3 Å². The average molecular weight is 276 g/mol. The number of aryl methyl sites for hydroxylation is 3. The average Bonchev–Trinajstić information content (AvgIpc) is 2.40. The Kier molecular flexibility index (Phi) is 4.16. The minimum absolute atomic E-state index is 0.342. The fourth-order valence-corrected chi connectivity index (χ4v) is 2.21. The van der Waals surface area contributed by atoms with Gasteiger partial charge in [0.1, 0.15) is 11.6 Å². The molecule has 0 aliphatic heterocycles. The van der Waals surface area contributed by atoms with E-state index in [4.69, 9.17) is 5.84 Å². The van der Waals surface area contributed by atoms with Crippen molar-refractivity contribution in [2.24, 2.45) is 5.84 Å². The lowest BCUT2D eigenvalue weighted by Gasteiger charge is -2.19. The van der Waals surface area contributed by atoms with Gasteiger partial charge >= 0.3 is 0 Å². The van der Waals surface area contributed by atoms with Crippen molar-refractivity contribution in [3.8, 4) is 0 Å². The van der Waals surface area contributed by atoms with Crippen LogP contribution in [-0.4, -0.2) is 0 Å². The van der Waals surface area contributed by atoms with Crippen LogP contribution in [0.3, 0.4) is 0 Å². The van der Waals surface area contributed by atoms with Crippen LogP contribution in [0.4, 0.5) is 8.78 Å². The van der Waals surface area contributed by atoms with E-state index in [1.54, 1.807) is 6.92 Å². The molecule has 4 heteroatoms. The molecule has 0 aliphatic carbocycles. The molecular weight excluding hydrogens is 258 g/mol. The molecule has 20 heavy (non-hydrogen) atoms. The third-order valence-electron chi connectivity index (χ3n) is 3.62. The molecule has 0 spiro atoms. The van der Waals surface area contributed by atoms with Crippen LogP contribution in [0.1, 0.15) is 33.9 Å². The lowest BCUT2D eigenvalue weighted by atomic mass is 9.94. The Balaban J connectivity index is 2.52. The zero-order valence-corrected chi connectivity index (χ0v) is 11.8. The molecule has 1 atom stereocenters. The van der Waals surface area contributed by atoms with Crippen molar-refractivity contribution in [3.63, 3.8) is 0 Å². The minimum atomic E-state index is -0.603. The molecule has 2 rings (SSSR count). The van der Waals surface area contributed by atoms with Crippen molar-refractivity contribution in [2.75, 3.05) is 0 Å². The van der Waals surface area contributed by atoms with Crippen molar-refractivity contribution < 1.29 is 8.78 Å². The summed E-state index contributed by atoms with van der Waals surface area (Å²) in [6.45, 7) is 5.59. The number of hydrazine groups is 1. The van der Waals surface area contributed by atoms with E-state index in [9.17, 15) is 8.78 Å². The summed E-state index contributed by atoms with van der Waals surface area (Å²) in [6.07, 6.45) is 0. The first-order valence-corrected chi connectivity index (χ1v) is 6.43. The Morgan fingerprint density at radius 1 is 0.900 bits per heavy atom. The van der Waals surface area contributed by atoms with Crippen LogP contribution in [0.5, 0.6) is 0 Å². The monoisotopic (exact) mass is 276 g/mol. The molecule has 0 saturated carbocycles. The standard InChI is InChI=1S/C16H18F2N2/c1-9-4-5-12(6-10(9)2)16(20-19)13-7-11(3)14(17)8-15(13)18/h4-8,16,20H,19H2,1-3H3. The molecule has 0 amide bonds. The first-order chi connectivity index (χ1) is 9.43. The number of benzene rings is 2. The third-order valence-corrected chi connectivity index (χ3v) is 3.62. The van der Waals surface area contributed by atoms with Gasteiger partial charge in [-0.3, -0.25) is 5.84 Å². The maximum atomic E-state index is 14.0. The number of hydrogen-bond acceptors (Lipinski definition) is 2. The van der Waals surface area contributed by atoms with Crippen molar-refractivity contribution in [2.45, 2.75) is 26.8 Å². The van der Waals surface area contributed by atoms with Gasteiger partial charge in [-0.05, 0) is 49.1 Å². The van der Waals surface area contributed by atoms with Crippen LogP contribution in [0.15, 0.2) is 30.3 Å². The second-order valence-electron chi connectivity index (χ2n) is 5.07. The topological polar surface area (TPSA) is 38.0 Å². The molecule has 0 aromatic heterocycles. The van der Waals surface area contributed by atoms with E-state index < -0.39 is 17.7 Å². The van der Waals surface area contributed by atoms with E-state index in [0.717, 1.165) is 22.8 Å². The molecule has 0 saturated heterocycles. The lowest BCUT2D eigenvalue weighted by Crippen LogP contribution is -2.29. The van der Waals surface area contributed by atoms with E-state index in [2.05, 4.69) is 5.43 Å². The number of rotatable bonds is 3. The third kappa shape index (κ3) is 2.71. The maximum Gasteiger partial charge on any atom is 0.131 e. The summed E-state index contributed by atoms with van der Waals surface area (Å²) in [4.78, 5) is 0. The molecule has 0 fully saturated rings. The van der Waals surface area contributed by atoms with Crippen LogP contribution >= 0.6 is 0 Å². The Labute approximate surface area is 117 Å². The molecule has 0 aliphatic rings. The van der Waals surface area contributed by atoms with Crippen molar-refractivity contribution in [3.05, 3.63) is 69.8 Å². The van der Waals surface area contributed by atoms with E-state index in [0.29, 0.717) is 11.1 Å². The van der Waals surface area contributed by atoms with Crippen LogP contribution in [0.2, 0.25) is 0 Å². The Bertz CT molecular complexity index is 639. The number of nitrogens with one attached hydrogen (secondary N) is 1. The Morgan fingerprint density at radius 3 is 2.20 bits per heavy atom.